The number of nitrogens with zero attached hydrogens (tertiary/aromatic N) is 2. The summed E-state index contributed by atoms with van der Waals surface area (Å²) in [5.74, 6) is -0.300. The lowest BCUT2D eigenvalue weighted by Crippen LogP contribution is -2.51. The number of benzene rings is 2. The van der Waals surface area contributed by atoms with E-state index in [4.69, 9.17) is 16.3 Å². The smallest absolute Gasteiger partial charge is 0.262 e. The SMILES string of the molecule is O=C1COc2cc(C(=O)NCC(=O)N3CCN(c4cccc(Cl)c4)CC3)ccc2N1. The van der Waals surface area contributed by atoms with Gasteiger partial charge in [0.1, 0.15) is 5.75 Å². The third-order valence-corrected chi connectivity index (χ3v) is 5.32. The highest BCUT2D eigenvalue weighted by molar-refractivity contribution is 6.30. The maximum Gasteiger partial charge on any atom is 0.262 e. The highest BCUT2D eigenvalue weighted by atomic mass is 35.5. The molecule has 0 aromatic heterocycles. The van der Waals surface area contributed by atoms with Gasteiger partial charge < -0.3 is 25.2 Å². The zero-order chi connectivity index (χ0) is 21.1. The summed E-state index contributed by atoms with van der Waals surface area (Å²) in [5, 5.41) is 6.01. The average molecular weight is 429 g/mol. The number of rotatable bonds is 4. The fourth-order valence-corrected chi connectivity index (χ4v) is 3.66. The Morgan fingerprint density at radius 1 is 1.10 bits per heavy atom. The normalized spacial score (nSPS) is 15.7. The van der Waals surface area contributed by atoms with Crippen LogP contribution in [0.25, 0.3) is 0 Å². The van der Waals surface area contributed by atoms with E-state index in [2.05, 4.69) is 15.5 Å². The highest BCUT2D eigenvalue weighted by Crippen LogP contribution is 2.28. The van der Waals surface area contributed by atoms with Gasteiger partial charge in [-0.15, -0.1) is 0 Å². The lowest BCUT2D eigenvalue weighted by Gasteiger charge is -2.36. The highest BCUT2D eigenvalue weighted by Gasteiger charge is 2.22. The average Bonchev–Trinajstić information content (AvgIpc) is 2.77. The Balaban J connectivity index is 1.28. The summed E-state index contributed by atoms with van der Waals surface area (Å²) in [4.78, 5) is 40.2. The zero-order valence-corrected chi connectivity index (χ0v) is 16.9. The van der Waals surface area contributed by atoms with Crippen molar-refractivity contribution in [1.29, 1.82) is 0 Å². The van der Waals surface area contributed by atoms with E-state index in [0.717, 1.165) is 5.69 Å². The molecule has 2 aliphatic rings. The number of anilines is 2. The van der Waals surface area contributed by atoms with E-state index in [9.17, 15) is 14.4 Å². The minimum Gasteiger partial charge on any atom is -0.482 e. The molecular formula is C21H21ClN4O4. The summed E-state index contributed by atoms with van der Waals surface area (Å²) >= 11 is 6.05. The number of carbonyl (C=O) groups is 3. The number of piperazine rings is 1. The predicted molar refractivity (Wildman–Crippen MR) is 113 cm³/mol. The standard InChI is InChI=1S/C21H21ClN4O4/c22-15-2-1-3-16(11-15)25-6-8-26(9-7-25)20(28)12-23-21(29)14-4-5-17-18(10-14)30-13-19(27)24-17/h1-5,10-11H,6-9,12-13H2,(H,23,29)(H,24,27). The first-order valence-electron chi connectivity index (χ1n) is 9.63. The van der Waals surface area contributed by atoms with E-state index in [0.29, 0.717) is 48.2 Å². The van der Waals surface area contributed by atoms with Crippen LogP contribution in [0.2, 0.25) is 5.02 Å². The maximum atomic E-state index is 12.5. The Labute approximate surface area is 178 Å². The Morgan fingerprint density at radius 2 is 1.90 bits per heavy atom. The lowest BCUT2D eigenvalue weighted by atomic mass is 10.1. The second-order valence-electron chi connectivity index (χ2n) is 7.08. The summed E-state index contributed by atoms with van der Waals surface area (Å²) in [5.41, 5.74) is 1.92. The van der Waals surface area contributed by atoms with Gasteiger partial charge in [-0.2, -0.15) is 0 Å². The number of nitrogens with one attached hydrogen (secondary N) is 2. The molecule has 0 atom stereocenters. The van der Waals surface area contributed by atoms with E-state index in [-0.39, 0.29) is 30.9 Å². The van der Waals surface area contributed by atoms with Crippen LogP contribution in [0.3, 0.4) is 0 Å². The molecule has 0 saturated carbocycles. The molecule has 30 heavy (non-hydrogen) atoms. The van der Waals surface area contributed by atoms with Crippen LogP contribution < -0.4 is 20.3 Å². The first-order chi connectivity index (χ1) is 14.5. The van der Waals surface area contributed by atoms with E-state index in [1.165, 1.54) is 0 Å². The molecule has 2 heterocycles. The van der Waals surface area contributed by atoms with Gasteiger partial charge in [0.05, 0.1) is 12.2 Å². The third kappa shape index (κ3) is 4.49. The number of carbonyl (C=O) groups excluding carboxylic acids is 3. The number of hydrogen-bond acceptors (Lipinski definition) is 5. The Morgan fingerprint density at radius 3 is 2.67 bits per heavy atom. The van der Waals surface area contributed by atoms with Crippen molar-refractivity contribution in [2.24, 2.45) is 0 Å². The maximum absolute atomic E-state index is 12.5. The fraction of sp³-hybridized carbons (Fsp3) is 0.286. The summed E-state index contributed by atoms with van der Waals surface area (Å²) < 4.78 is 5.32. The molecule has 0 bridgehead atoms. The molecule has 4 rings (SSSR count). The molecule has 8 nitrogen and oxygen atoms in total. The van der Waals surface area contributed by atoms with Gasteiger partial charge >= 0.3 is 0 Å². The van der Waals surface area contributed by atoms with E-state index < -0.39 is 0 Å². The van der Waals surface area contributed by atoms with Crippen LogP contribution in [-0.4, -0.2) is 62.0 Å². The Bertz CT molecular complexity index is 989. The van der Waals surface area contributed by atoms with Crippen molar-refractivity contribution in [2.75, 3.05) is 49.5 Å². The van der Waals surface area contributed by atoms with Crippen molar-refractivity contribution in [2.45, 2.75) is 0 Å². The van der Waals surface area contributed by atoms with E-state index in [1.54, 1.807) is 23.1 Å². The van der Waals surface area contributed by atoms with Crippen molar-refractivity contribution < 1.29 is 19.1 Å². The summed E-state index contributed by atoms with van der Waals surface area (Å²) in [6.07, 6.45) is 0. The van der Waals surface area contributed by atoms with Gasteiger partial charge in [0.25, 0.3) is 11.8 Å². The molecule has 2 aromatic carbocycles. The molecule has 156 valence electrons. The minimum atomic E-state index is -0.371. The van der Waals surface area contributed by atoms with Crippen LogP contribution in [0, 0.1) is 0 Å². The molecule has 0 spiro atoms. The molecule has 0 unspecified atom stereocenters. The van der Waals surface area contributed by atoms with Crippen molar-refractivity contribution >= 4 is 40.7 Å². The molecule has 9 heteroatoms. The zero-order valence-electron chi connectivity index (χ0n) is 16.2. The summed E-state index contributed by atoms with van der Waals surface area (Å²) in [6.45, 7) is 2.39. The molecule has 2 aromatic rings. The van der Waals surface area contributed by atoms with Crippen molar-refractivity contribution in [3.8, 4) is 5.75 Å². The van der Waals surface area contributed by atoms with Crippen LogP contribution in [0.15, 0.2) is 42.5 Å². The topological polar surface area (TPSA) is 91.0 Å². The molecule has 3 amide bonds. The van der Waals surface area contributed by atoms with Gasteiger partial charge in [-0.3, -0.25) is 14.4 Å². The summed E-state index contributed by atoms with van der Waals surface area (Å²) in [7, 11) is 0. The number of hydrogen-bond donors (Lipinski definition) is 2. The second-order valence-corrected chi connectivity index (χ2v) is 7.51. The lowest BCUT2D eigenvalue weighted by molar-refractivity contribution is -0.130. The number of fused-ring (bicyclic) bond motifs is 1. The van der Waals surface area contributed by atoms with Gasteiger partial charge in [0.2, 0.25) is 5.91 Å². The summed E-state index contributed by atoms with van der Waals surface area (Å²) in [6, 6.07) is 12.4. The molecule has 0 aliphatic carbocycles. The third-order valence-electron chi connectivity index (χ3n) is 5.08. The Kier molecular flexibility index (Phi) is 5.76. The quantitative estimate of drug-likeness (QED) is 0.774. The van der Waals surface area contributed by atoms with Crippen molar-refractivity contribution in [3.63, 3.8) is 0 Å². The van der Waals surface area contributed by atoms with Gasteiger partial charge in [-0.05, 0) is 36.4 Å². The number of amides is 3. The van der Waals surface area contributed by atoms with Crippen LogP contribution in [0.5, 0.6) is 5.75 Å². The van der Waals surface area contributed by atoms with Crippen LogP contribution >= 0.6 is 11.6 Å². The van der Waals surface area contributed by atoms with Gasteiger partial charge in [-0.1, -0.05) is 17.7 Å². The molecule has 2 aliphatic heterocycles. The first-order valence-corrected chi connectivity index (χ1v) is 10.0. The monoisotopic (exact) mass is 428 g/mol. The van der Waals surface area contributed by atoms with E-state index in [1.807, 2.05) is 24.3 Å². The molecule has 1 fully saturated rings. The second kappa shape index (κ2) is 8.62. The van der Waals surface area contributed by atoms with Crippen molar-refractivity contribution in [3.05, 3.63) is 53.1 Å². The predicted octanol–water partition coefficient (Wildman–Crippen LogP) is 1.75. The van der Waals surface area contributed by atoms with Crippen LogP contribution in [0.1, 0.15) is 10.4 Å². The molecule has 0 radical (unpaired) electrons. The van der Waals surface area contributed by atoms with Crippen molar-refractivity contribution in [1.82, 2.24) is 10.2 Å². The largest absolute Gasteiger partial charge is 0.482 e. The fourth-order valence-electron chi connectivity index (χ4n) is 3.47. The van der Waals surface area contributed by atoms with Gasteiger partial charge in [0.15, 0.2) is 6.61 Å². The number of ether oxygens (including phenoxy) is 1. The number of halogens is 1. The van der Waals surface area contributed by atoms with Crippen LogP contribution in [0.4, 0.5) is 11.4 Å². The minimum absolute atomic E-state index is 0.0787. The van der Waals surface area contributed by atoms with Crippen LogP contribution in [-0.2, 0) is 9.59 Å². The first kappa shape index (κ1) is 20.0. The van der Waals surface area contributed by atoms with Gasteiger partial charge in [-0.25, -0.2) is 0 Å². The van der Waals surface area contributed by atoms with E-state index >= 15 is 0 Å². The molecular weight excluding hydrogens is 408 g/mol. The van der Waals surface area contributed by atoms with Gasteiger partial charge in [0, 0.05) is 42.5 Å². The molecule has 2 N–H and O–H groups in total. The Hall–Kier alpha value is -3.26. The molecule has 1 saturated heterocycles.